The van der Waals surface area contributed by atoms with Gasteiger partial charge in [0.05, 0.1) is 6.07 Å². The van der Waals surface area contributed by atoms with Crippen molar-refractivity contribution in [2.75, 3.05) is 5.73 Å². The molecule has 1 aromatic carbocycles. The molecule has 0 atom stereocenters. The van der Waals surface area contributed by atoms with Gasteiger partial charge in [0.1, 0.15) is 0 Å². The number of aromatic nitrogens is 2. The molecular weight excluding hydrogens is 194 g/mol. The molecule has 76 valence electrons. The summed E-state index contributed by atoms with van der Waals surface area (Å²) in [6.45, 7) is 0. The molecule has 0 aliphatic carbocycles. The summed E-state index contributed by atoms with van der Waals surface area (Å²) in [5.74, 6) is -0.281. The number of nitrogens with zero attached hydrogens (tertiary/aromatic N) is 2. The van der Waals surface area contributed by atoms with Gasteiger partial charge in [0.15, 0.2) is 5.82 Å². The zero-order chi connectivity index (χ0) is 10.8. The molecule has 2 rings (SSSR count). The highest BCUT2D eigenvalue weighted by atomic mass is 16.3. The van der Waals surface area contributed by atoms with Crippen LogP contribution in [-0.2, 0) is 0 Å². The van der Waals surface area contributed by atoms with Gasteiger partial charge in [0, 0.05) is 11.3 Å². The van der Waals surface area contributed by atoms with E-state index in [0.717, 1.165) is 6.07 Å². The third kappa shape index (κ3) is 1.96. The summed E-state index contributed by atoms with van der Waals surface area (Å²) in [4.78, 5) is 7.56. The van der Waals surface area contributed by atoms with Crippen molar-refractivity contribution in [3.05, 3.63) is 30.3 Å². The molecule has 5 heteroatoms. The number of rotatable bonds is 1. The Hall–Kier alpha value is -2.30. The van der Waals surface area contributed by atoms with E-state index in [2.05, 4.69) is 9.97 Å². The predicted molar refractivity (Wildman–Crippen MR) is 55.2 cm³/mol. The molecule has 0 saturated heterocycles. The van der Waals surface area contributed by atoms with E-state index in [-0.39, 0.29) is 17.6 Å². The molecule has 15 heavy (non-hydrogen) atoms. The molecule has 0 bridgehead atoms. The number of benzene rings is 1. The minimum absolute atomic E-state index is 0.257. The van der Waals surface area contributed by atoms with E-state index in [1.807, 2.05) is 0 Å². The first-order valence-corrected chi connectivity index (χ1v) is 4.28. The average molecular weight is 203 g/mol. The Kier molecular flexibility index (Phi) is 2.13. The Balaban J connectivity index is 2.49. The van der Waals surface area contributed by atoms with Crippen molar-refractivity contribution in [3.8, 4) is 23.1 Å². The molecule has 0 spiro atoms. The lowest BCUT2D eigenvalue weighted by molar-refractivity contribution is 0.423. The van der Waals surface area contributed by atoms with Crippen LogP contribution in [0.2, 0.25) is 0 Å². The number of aromatic hydroxyl groups is 2. The summed E-state index contributed by atoms with van der Waals surface area (Å²) < 4.78 is 0. The lowest BCUT2D eigenvalue weighted by Crippen LogP contribution is -1.90. The van der Waals surface area contributed by atoms with E-state index in [1.54, 1.807) is 24.3 Å². The van der Waals surface area contributed by atoms with Crippen LogP contribution >= 0.6 is 0 Å². The van der Waals surface area contributed by atoms with Crippen LogP contribution in [0.5, 0.6) is 11.8 Å². The standard InChI is InChI=1S/C10H9N3O2/c11-7-3-1-6(2-4-7)10-12-8(14)5-9(15)13-10/h1-5H,11H2,(H2,12,13,14,15). The van der Waals surface area contributed by atoms with Crippen molar-refractivity contribution in [1.29, 1.82) is 0 Å². The zero-order valence-corrected chi connectivity index (χ0v) is 7.75. The normalized spacial score (nSPS) is 10.1. The Labute approximate surface area is 85.9 Å². The number of nitrogen functional groups attached to an aromatic ring is 1. The van der Waals surface area contributed by atoms with Gasteiger partial charge in [-0.2, -0.15) is 9.97 Å². The predicted octanol–water partition coefficient (Wildman–Crippen LogP) is 1.14. The van der Waals surface area contributed by atoms with Crippen molar-refractivity contribution < 1.29 is 10.2 Å². The summed E-state index contributed by atoms with van der Waals surface area (Å²) >= 11 is 0. The van der Waals surface area contributed by atoms with E-state index in [9.17, 15) is 10.2 Å². The molecule has 1 aromatic heterocycles. The van der Waals surface area contributed by atoms with Gasteiger partial charge in [-0.15, -0.1) is 0 Å². The van der Waals surface area contributed by atoms with Crippen LogP contribution in [-0.4, -0.2) is 20.2 Å². The van der Waals surface area contributed by atoms with Crippen molar-refractivity contribution in [3.63, 3.8) is 0 Å². The molecule has 0 saturated carbocycles. The third-order valence-corrected chi connectivity index (χ3v) is 1.87. The van der Waals surface area contributed by atoms with Gasteiger partial charge in [-0.05, 0) is 24.3 Å². The van der Waals surface area contributed by atoms with Crippen LogP contribution in [0.4, 0.5) is 5.69 Å². The van der Waals surface area contributed by atoms with Gasteiger partial charge in [0.25, 0.3) is 0 Å². The van der Waals surface area contributed by atoms with E-state index in [0.29, 0.717) is 11.3 Å². The molecule has 0 unspecified atom stereocenters. The first-order valence-electron chi connectivity index (χ1n) is 4.28. The topological polar surface area (TPSA) is 92.3 Å². The van der Waals surface area contributed by atoms with Crippen LogP contribution in [0.3, 0.4) is 0 Å². The van der Waals surface area contributed by atoms with E-state index in [1.165, 1.54) is 0 Å². The second-order valence-electron chi connectivity index (χ2n) is 3.03. The maximum atomic E-state index is 9.17. The van der Waals surface area contributed by atoms with Gasteiger partial charge in [0.2, 0.25) is 11.8 Å². The van der Waals surface area contributed by atoms with Crippen LogP contribution < -0.4 is 5.73 Å². The van der Waals surface area contributed by atoms with Crippen molar-refractivity contribution in [1.82, 2.24) is 9.97 Å². The Bertz CT molecular complexity index is 462. The van der Waals surface area contributed by atoms with E-state index in [4.69, 9.17) is 5.73 Å². The van der Waals surface area contributed by atoms with Gasteiger partial charge < -0.3 is 15.9 Å². The highest BCUT2D eigenvalue weighted by Gasteiger charge is 2.04. The van der Waals surface area contributed by atoms with Crippen LogP contribution in [0.1, 0.15) is 0 Å². The molecule has 2 aromatic rings. The molecule has 0 aliphatic heterocycles. The summed E-state index contributed by atoms with van der Waals surface area (Å²) in [5.41, 5.74) is 6.83. The van der Waals surface area contributed by atoms with Gasteiger partial charge in [-0.1, -0.05) is 0 Å². The lowest BCUT2D eigenvalue weighted by Gasteiger charge is -2.01. The number of hydrogen-bond donors (Lipinski definition) is 3. The maximum absolute atomic E-state index is 9.17. The minimum atomic E-state index is -0.269. The first-order chi connectivity index (χ1) is 7.15. The Morgan fingerprint density at radius 3 is 2.00 bits per heavy atom. The minimum Gasteiger partial charge on any atom is -0.493 e. The summed E-state index contributed by atoms with van der Waals surface area (Å²) in [5, 5.41) is 18.3. The van der Waals surface area contributed by atoms with E-state index >= 15 is 0 Å². The lowest BCUT2D eigenvalue weighted by atomic mass is 10.2. The van der Waals surface area contributed by atoms with Crippen LogP contribution in [0, 0.1) is 0 Å². The molecular formula is C10H9N3O2. The molecule has 4 N–H and O–H groups in total. The zero-order valence-electron chi connectivity index (χ0n) is 7.75. The first kappa shape index (κ1) is 9.26. The number of anilines is 1. The highest BCUT2D eigenvalue weighted by molar-refractivity contribution is 5.59. The molecule has 0 aliphatic rings. The average Bonchev–Trinajstić information content (AvgIpc) is 2.17. The summed E-state index contributed by atoms with van der Waals surface area (Å²) in [6, 6.07) is 7.88. The van der Waals surface area contributed by atoms with Crippen molar-refractivity contribution in [2.24, 2.45) is 0 Å². The Morgan fingerprint density at radius 1 is 0.933 bits per heavy atom. The maximum Gasteiger partial charge on any atom is 0.218 e. The van der Waals surface area contributed by atoms with Gasteiger partial charge in [-0.3, -0.25) is 0 Å². The quantitative estimate of drug-likeness (QED) is 0.604. The highest BCUT2D eigenvalue weighted by Crippen LogP contribution is 2.21. The largest absolute Gasteiger partial charge is 0.493 e. The van der Waals surface area contributed by atoms with Gasteiger partial charge in [-0.25, -0.2) is 0 Å². The monoisotopic (exact) mass is 203 g/mol. The SMILES string of the molecule is Nc1ccc(-c2nc(O)cc(O)n2)cc1. The van der Waals surface area contributed by atoms with Crippen molar-refractivity contribution >= 4 is 5.69 Å². The Morgan fingerprint density at radius 2 is 1.47 bits per heavy atom. The molecule has 5 nitrogen and oxygen atoms in total. The molecule has 0 fully saturated rings. The molecule has 0 amide bonds. The number of hydrogen-bond acceptors (Lipinski definition) is 5. The fourth-order valence-corrected chi connectivity index (χ4v) is 1.18. The van der Waals surface area contributed by atoms with Crippen LogP contribution in [0.25, 0.3) is 11.4 Å². The third-order valence-electron chi connectivity index (χ3n) is 1.87. The number of nitrogens with two attached hydrogens (primary N) is 1. The van der Waals surface area contributed by atoms with Crippen LogP contribution in [0.15, 0.2) is 30.3 Å². The van der Waals surface area contributed by atoms with Gasteiger partial charge >= 0.3 is 0 Å². The second kappa shape index (κ2) is 3.45. The van der Waals surface area contributed by atoms with E-state index < -0.39 is 0 Å². The fourth-order valence-electron chi connectivity index (χ4n) is 1.18. The summed E-state index contributed by atoms with van der Waals surface area (Å²) in [6.07, 6.45) is 0. The second-order valence-corrected chi connectivity index (χ2v) is 3.03. The molecule has 0 radical (unpaired) electrons. The summed E-state index contributed by atoms with van der Waals surface area (Å²) in [7, 11) is 0. The smallest absolute Gasteiger partial charge is 0.218 e. The molecule has 1 heterocycles. The van der Waals surface area contributed by atoms with Crippen molar-refractivity contribution in [2.45, 2.75) is 0 Å². The fraction of sp³-hybridized carbons (Fsp3) is 0.